The van der Waals surface area contributed by atoms with Gasteiger partial charge in [0.15, 0.2) is 5.40 Å². The lowest BCUT2D eigenvalue weighted by Gasteiger charge is -2.31. The number of nitrogens with zero attached hydrogens (tertiary/aromatic N) is 1. The number of nitriles is 1. The molecule has 19 nitrogen and oxygen atoms in total. The Bertz CT molecular complexity index is 1310. The standard InChI is InChI=1S/C28H41NO18P2/c1-8-36-25(30)37-15-41-48(34,42-16-38-26(31)45-19(2)3)24(13-22-9-11-23(14-29)12-10-22)49(35,43-17-39-27(32)46-20(4)5)44-18-40-28(33)47-21(6)7/h9-12,19-21,24H,8,13,15-18H2,1-7H3. The van der Waals surface area contributed by atoms with Crippen molar-refractivity contribution in [2.75, 3.05) is 33.8 Å². The molecule has 0 aliphatic carbocycles. The number of carbonyl (C=O) groups excluding carboxylic acids is 4. The quantitative estimate of drug-likeness (QED) is 0.0594. The van der Waals surface area contributed by atoms with Gasteiger partial charge in [0.1, 0.15) is 0 Å². The van der Waals surface area contributed by atoms with Crippen LogP contribution < -0.4 is 0 Å². The van der Waals surface area contributed by atoms with Gasteiger partial charge in [-0.05, 0) is 72.6 Å². The average Bonchev–Trinajstić information content (AvgIpc) is 2.99. The third-order valence-corrected chi connectivity index (χ3v) is 10.5. The van der Waals surface area contributed by atoms with Gasteiger partial charge in [0, 0.05) is 0 Å². The molecule has 1 aromatic rings. The molecule has 0 radical (unpaired) electrons. The number of rotatable bonds is 20. The first kappa shape index (κ1) is 43.1. The van der Waals surface area contributed by atoms with Crippen LogP contribution in [0.15, 0.2) is 24.3 Å². The fourth-order valence-electron chi connectivity index (χ4n) is 3.17. The minimum Gasteiger partial charge on any atom is -0.435 e. The lowest BCUT2D eigenvalue weighted by atomic mass is 10.1. The molecule has 2 unspecified atom stereocenters. The van der Waals surface area contributed by atoms with Crippen LogP contribution >= 0.6 is 15.2 Å². The van der Waals surface area contributed by atoms with Gasteiger partial charge in [-0.25, -0.2) is 19.2 Å². The van der Waals surface area contributed by atoms with Gasteiger partial charge in [-0.1, -0.05) is 12.1 Å². The van der Waals surface area contributed by atoms with E-state index >= 15 is 0 Å². The third-order valence-electron chi connectivity index (χ3n) is 5.13. The first-order chi connectivity index (χ1) is 23.0. The van der Waals surface area contributed by atoms with Crippen LogP contribution in [0.5, 0.6) is 0 Å². The first-order valence-corrected chi connectivity index (χ1v) is 17.8. The maximum atomic E-state index is 14.6. The van der Waals surface area contributed by atoms with E-state index in [2.05, 4.69) is 4.74 Å². The van der Waals surface area contributed by atoms with Crippen LogP contribution in [0.1, 0.15) is 59.6 Å². The number of hydrogen-bond acceptors (Lipinski definition) is 19. The number of ether oxygens (including phenoxy) is 8. The molecule has 0 spiro atoms. The van der Waals surface area contributed by atoms with Gasteiger partial charge in [0.2, 0.25) is 27.2 Å². The normalized spacial score (nSPS) is 13.1. The molecule has 0 saturated heterocycles. The van der Waals surface area contributed by atoms with Crippen molar-refractivity contribution in [2.24, 2.45) is 0 Å². The van der Waals surface area contributed by atoms with Gasteiger partial charge < -0.3 is 37.9 Å². The Kier molecular flexibility index (Phi) is 19.3. The Morgan fingerprint density at radius 3 is 1.27 bits per heavy atom. The van der Waals surface area contributed by atoms with Gasteiger partial charge in [0.25, 0.3) is 0 Å². The molecule has 0 bridgehead atoms. The van der Waals surface area contributed by atoms with E-state index in [1.165, 1.54) is 72.7 Å². The molecule has 0 saturated carbocycles. The zero-order valence-corrected chi connectivity index (χ0v) is 29.8. The molecule has 49 heavy (non-hydrogen) atoms. The largest absolute Gasteiger partial charge is 0.510 e. The van der Waals surface area contributed by atoms with E-state index in [1.807, 2.05) is 6.07 Å². The van der Waals surface area contributed by atoms with Crippen LogP contribution in [0.25, 0.3) is 0 Å². The second-order valence-electron chi connectivity index (χ2n) is 10.1. The zero-order chi connectivity index (χ0) is 37.0. The fraction of sp³-hybridized carbons (Fsp3) is 0.607. The first-order valence-electron chi connectivity index (χ1n) is 14.6. The Hall–Kier alpha value is -3.91. The Morgan fingerprint density at radius 1 is 0.612 bits per heavy atom. The van der Waals surface area contributed by atoms with Crippen molar-refractivity contribution >= 4 is 39.8 Å². The molecule has 0 heterocycles. The van der Waals surface area contributed by atoms with E-state index < -0.39 is 97.1 Å². The van der Waals surface area contributed by atoms with Gasteiger partial charge >= 0.3 is 39.8 Å². The molecule has 0 N–H and O–H groups in total. The van der Waals surface area contributed by atoms with E-state index in [-0.39, 0.29) is 17.7 Å². The minimum atomic E-state index is -5.07. The van der Waals surface area contributed by atoms with Crippen molar-refractivity contribution in [3.8, 4) is 6.07 Å². The van der Waals surface area contributed by atoms with Crippen molar-refractivity contribution in [3.63, 3.8) is 0 Å². The van der Waals surface area contributed by atoms with Gasteiger partial charge in [-0.3, -0.25) is 27.2 Å². The Balaban J connectivity index is 3.64. The summed E-state index contributed by atoms with van der Waals surface area (Å²) < 4.78 is 88.9. The van der Waals surface area contributed by atoms with E-state index in [9.17, 15) is 33.6 Å². The lowest BCUT2D eigenvalue weighted by Crippen LogP contribution is -2.24. The second-order valence-corrected chi connectivity index (χ2v) is 14.9. The minimum absolute atomic E-state index is 0.0878. The summed E-state index contributed by atoms with van der Waals surface area (Å²) in [4.78, 5) is 47.9. The summed E-state index contributed by atoms with van der Waals surface area (Å²) in [5.74, 6) is 0. The van der Waals surface area contributed by atoms with Gasteiger partial charge in [-0.15, -0.1) is 0 Å². The monoisotopic (exact) mass is 741 g/mol. The van der Waals surface area contributed by atoms with E-state index in [4.69, 9.17) is 51.3 Å². The van der Waals surface area contributed by atoms with E-state index in [0.29, 0.717) is 0 Å². The van der Waals surface area contributed by atoms with Crippen LogP contribution in [0.4, 0.5) is 19.2 Å². The summed E-state index contributed by atoms with van der Waals surface area (Å²) in [6, 6.07) is 7.50. The SMILES string of the molecule is CCOC(=O)OCOP(=O)(OCOC(=O)OC(C)C)C(Cc1ccc(C#N)cc1)P(=O)(OCOC(=O)OC(C)C)OCOC(=O)OC(C)C. The van der Waals surface area contributed by atoms with E-state index in [0.717, 1.165) is 0 Å². The summed E-state index contributed by atoms with van der Waals surface area (Å²) in [6.45, 7) is 6.07. The van der Waals surface area contributed by atoms with Crippen LogP contribution in [-0.2, 0) is 71.5 Å². The predicted molar refractivity (Wildman–Crippen MR) is 164 cm³/mol. The highest BCUT2D eigenvalue weighted by Gasteiger charge is 2.52. The fourth-order valence-corrected chi connectivity index (χ4v) is 7.86. The molecule has 0 aliphatic heterocycles. The van der Waals surface area contributed by atoms with Crippen LogP contribution in [0, 0.1) is 11.3 Å². The highest BCUT2D eigenvalue weighted by molar-refractivity contribution is 7.72. The van der Waals surface area contributed by atoms with Crippen molar-refractivity contribution < 1.29 is 84.3 Å². The summed E-state index contributed by atoms with van der Waals surface area (Å²) in [5, 5.41) is 7.14. The number of hydrogen-bond donors (Lipinski definition) is 0. The topological polar surface area (TPSA) is 237 Å². The zero-order valence-electron chi connectivity index (χ0n) is 28.1. The van der Waals surface area contributed by atoms with Crippen LogP contribution in [0.2, 0.25) is 0 Å². The van der Waals surface area contributed by atoms with E-state index in [1.54, 1.807) is 0 Å². The van der Waals surface area contributed by atoms with Gasteiger partial charge in [0.05, 0.1) is 36.6 Å². The highest BCUT2D eigenvalue weighted by Crippen LogP contribution is 2.71. The predicted octanol–water partition coefficient (Wildman–Crippen LogP) is 6.57. The lowest BCUT2D eigenvalue weighted by molar-refractivity contribution is -0.0321. The Morgan fingerprint density at radius 2 is 0.959 bits per heavy atom. The summed E-state index contributed by atoms with van der Waals surface area (Å²) >= 11 is 0. The summed E-state index contributed by atoms with van der Waals surface area (Å²) in [5.41, 5.74) is 0.483. The molecule has 0 amide bonds. The molecular formula is C28H41NO18P2. The van der Waals surface area contributed by atoms with Crippen LogP contribution in [0.3, 0.4) is 0 Å². The molecule has 276 valence electrons. The summed E-state index contributed by atoms with van der Waals surface area (Å²) in [7, 11) is -10.1. The van der Waals surface area contributed by atoms with Crippen molar-refractivity contribution in [1.82, 2.24) is 0 Å². The maximum absolute atomic E-state index is 14.6. The molecule has 1 aromatic carbocycles. The second kappa shape index (κ2) is 21.9. The maximum Gasteiger partial charge on any atom is 0.510 e. The molecular weight excluding hydrogens is 700 g/mol. The molecule has 21 heteroatoms. The molecule has 0 aliphatic rings. The average molecular weight is 742 g/mol. The number of benzene rings is 1. The van der Waals surface area contributed by atoms with Crippen molar-refractivity contribution in [1.29, 1.82) is 5.26 Å². The number of carbonyl (C=O) groups is 4. The van der Waals surface area contributed by atoms with Crippen molar-refractivity contribution in [2.45, 2.75) is 78.6 Å². The van der Waals surface area contributed by atoms with Crippen LogP contribution in [-0.4, -0.2) is 82.1 Å². The summed E-state index contributed by atoms with van der Waals surface area (Å²) in [6.07, 6.45) is -7.34. The highest BCUT2D eigenvalue weighted by atomic mass is 31.2. The Labute approximate surface area is 283 Å². The molecule has 0 aromatic heterocycles. The molecule has 1 rings (SSSR count). The van der Waals surface area contributed by atoms with Gasteiger partial charge in [-0.2, -0.15) is 5.26 Å². The smallest absolute Gasteiger partial charge is 0.435 e. The molecule has 2 atom stereocenters. The molecule has 0 fully saturated rings. The van der Waals surface area contributed by atoms with Crippen molar-refractivity contribution in [3.05, 3.63) is 35.4 Å². The third kappa shape index (κ3) is 17.4.